The first-order valence-electron chi connectivity index (χ1n) is 8.28. The molecule has 1 fully saturated rings. The molecule has 1 amide bonds. The summed E-state index contributed by atoms with van der Waals surface area (Å²) in [5.41, 5.74) is 0.604. The van der Waals surface area contributed by atoms with E-state index in [0.29, 0.717) is 54.3 Å². The number of piperazine rings is 1. The first kappa shape index (κ1) is 18.5. The van der Waals surface area contributed by atoms with Crippen LogP contribution in [0.25, 0.3) is 0 Å². The third kappa shape index (κ3) is 4.28. The Balaban J connectivity index is 1.68. The highest BCUT2D eigenvalue weighted by molar-refractivity contribution is 6.39. The smallest absolute Gasteiger partial charge is 0.409 e. The normalized spacial score (nSPS) is 14.3. The van der Waals surface area contributed by atoms with E-state index in [0.717, 1.165) is 5.82 Å². The van der Waals surface area contributed by atoms with Gasteiger partial charge in [0.05, 0.1) is 22.3 Å². The van der Waals surface area contributed by atoms with Crippen molar-refractivity contribution in [3.8, 4) is 0 Å². The van der Waals surface area contributed by atoms with Gasteiger partial charge >= 0.3 is 6.09 Å². The number of aromatic nitrogens is 2. The number of para-hydroxylation sites is 1. The van der Waals surface area contributed by atoms with Crippen LogP contribution < -0.4 is 10.2 Å². The molecule has 0 bridgehead atoms. The van der Waals surface area contributed by atoms with E-state index < -0.39 is 0 Å². The quantitative estimate of drug-likeness (QED) is 0.848. The number of nitrogens with zero attached hydrogens (tertiary/aromatic N) is 4. The zero-order chi connectivity index (χ0) is 18.5. The second-order valence-corrected chi connectivity index (χ2v) is 6.47. The molecule has 1 aromatic carbocycles. The van der Waals surface area contributed by atoms with Gasteiger partial charge in [0.25, 0.3) is 0 Å². The molecule has 1 saturated heterocycles. The van der Waals surface area contributed by atoms with E-state index in [1.165, 1.54) is 6.33 Å². The van der Waals surface area contributed by atoms with Crippen molar-refractivity contribution in [3.63, 3.8) is 0 Å². The topological polar surface area (TPSA) is 70.6 Å². The summed E-state index contributed by atoms with van der Waals surface area (Å²) in [5.74, 6) is 1.37. The molecule has 26 heavy (non-hydrogen) atoms. The van der Waals surface area contributed by atoms with Gasteiger partial charge in [-0.1, -0.05) is 29.3 Å². The molecule has 3 rings (SSSR count). The van der Waals surface area contributed by atoms with E-state index in [9.17, 15) is 4.79 Å². The fourth-order valence-electron chi connectivity index (χ4n) is 2.67. The molecule has 0 atom stereocenters. The van der Waals surface area contributed by atoms with Crippen LogP contribution in [-0.4, -0.2) is 53.7 Å². The zero-order valence-electron chi connectivity index (χ0n) is 14.3. The summed E-state index contributed by atoms with van der Waals surface area (Å²) in [5, 5.41) is 4.17. The molecule has 9 heteroatoms. The summed E-state index contributed by atoms with van der Waals surface area (Å²) in [6, 6.07) is 7.13. The molecule has 0 unspecified atom stereocenters. The van der Waals surface area contributed by atoms with Gasteiger partial charge in [-0.2, -0.15) is 0 Å². The van der Waals surface area contributed by atoms with Gasteiger partial charge in [0, 0.05) is 32.2 Å². The summed E-state index contributed by atoms with van der Waals surface area (Å²) < 4.78 is 5.04. The van der Waals surface area contributed by atoms with Crippen LogP contribution in [0.15, 0.2) is 30.6 Å². The number of anilines is 3. The average molecular weight is 396 g/mol. The van der Waals surface area contributed by atoms with Gasteiger partial charge < -0.3 is 19.9 Å². The Morgan fingerprint density at radius 3 is 2.54 bits per heavy atom. The van der Waals surface area contributed by atoms with Gasteiger partial charge in [-0.3, -0.25) is 0 Å². The van der Waals surface area contributed by atoms with E-state index in [4.69, 9.17) is 27.9 Å². The molecule has 2 heterocycles. The SMILES string of the molecule is CCOC(=O)N1CCN(c2cc(Nc3c(Cl)cccc3Cl)ncn2)CC1. The maximum atomic E-state index is 11.8. The molecule has 1 aromatic heterocycles. The van der Waals surface area contributed by atoms with Crippen molar-refractivity contribution in [2.24, 2.45) is 0 Å². The lowest BCUT2D eigenvalue weighted by Crippen LogP contribution is -2.49. The highest BCUT2D eigenvalue weighted by Gasteiger charge is 2.23. The van der Waals surface area contributed by atoms with E-state index in [1.807, 2.05) is 6.07 Å². The maximum absolute atomic E-state index is 11.8. The van der Waals surface area contributed by atoms with Crippen LogP contribution in [0.5, 0.6) is 0 Å². The van der Waals surface area contributed by atoms with Gasteiger partial charge in [0.1, 0.15) is 18.0 Å². The average Bonchev–Trinajstić information content (AvgIpc) is 2.65. The largest absolute Gasteiger partial charge is 0.450 e. The summed E-state index contributed by atoms with van der Waals surface area (Å²) in [6.07, 6.45) is 1.21. The fourth-order valence-corrected chi connectivity index (χ4v) is 3.16. The minimum absolute atomic E-state index is 0.273. The zero-order valence-corrected chi connectivity index (χ0v) is 15.8. The summed E-state index contributed by atoms with van der Waals surface area (Å²) in [7, 11) is 0. The van der Waals surface area contributed by atoms with E-state index in [1.54, 1.807) is 30.0 Å². The summed E-state index contributed by atoms with van der Waals surface area (Å²) >= 11 is 12.4. The maximum Gasteiger partial charge on any atom is 0.409 e. The number of carbonyl (C=O) groups excluding carboxylic acids is 1. The third-order valence-corrected chi connectivity index (χ3v) is 4.63. The first-order chi connectivity index (χ1) is 12.6. The highest BCUT2D eigenvalue weighted by Crippen LogP contribution is 2.32. The number of rotatable bonds is 4. The Kier molecular flexibility index (Phi) is 6.00. The molecule has 0 radical (unpaired) electrons. The van der Waals surface area contributed by atoms with Crippen molar-refractivity contribution >= 4 is 46.6 Å². The van der Waals surface area contributed by atoms with Gasteiger partial charge in [0.2, 0.25) is 0 Å². The monoisotopic (exact) mass is 395 g/mol. The van der Waals surface area contributed by atoms with Crippen LogP contribution in [0.2, 0.25) is 10.0 Å². The van der Waals surface area contributed by atoms with Gasteiger partial charge in [-0.25, -0.2) is 14.8 Å². The Morgan fingerprint density at radius 2 is 1.88 bits per heavy atom. The van der Waals surface area contributed by atoms with Crippen molar-refractivity contribution in [1.29, 1.82) is 0 Å². The number of ether oxygens (including phenoxy) is 1. The molecule has 138 valence electrons. The van der Waals surface area contributed by atoms with Crippen molar-refractivity contribution in [3.05, 3.63) is 40.6 Å². The van der Waals surface area contributed by atoms with E-state index >= 15 is 0 Å². The van der Waals surface area contributed by atoms with Crippen molar-refractivity contribution in [2.75, 3.05) is 43.0 Å². The van der Waals surface area contributed by atoms with Gasteiger partial charge in [-0.15, -0.1) is 0 Å². The molecule has 0 aliphatic carbocycles. The molecular formula is C17H19Cl2N5O2. The third-order valence-electron chi connectivity index (χ3n) is 4.00. The second kappa shape index (κ2) is 8.42. The standard InChI is InChI=1S/C17H19Cl2N5O2/c1-2-26-17(25)24-8-6-23(7-9-24)15-10-14(20-11-21-15)22-16-12(18)4-3-5-13(16)19/h3-5,10-11H,2,6-9H2,1H3,(H,20,21,22). The number of amides is 1. The number of hydrogen-bond acceptors (Lipinski definition) is 6. The van der Waals surface area contributed by atoms with E-state index in [2.05, 4.69) is 20.2 Å². The van der Waals surface area contributed by atoms with E-state index in [-0.39, 0.29) is 6.09 Å². The molecule has 1 N–H and O–H groups in total. The fraction of sp³-hybridized carbons (Fsp3) is 0.353. The van der Waals surface area contributed by atoms with Gasteiger partial charge in [0.15, 0.2) is 0 Å². The molecule has 2 aromatic rings. The predicted octanol–water partition coefficient (Wildman–Crippen LogP) is 3.81. The lowest BCUT2D eigenvalue weighted by Gasteiger charge is -2.34. The molecular weight excluding hydrogens is 377 g/mol. The van der Waals surface area contributed by atoms with Crippen molar-refractivity contribution in [2.45, 2.75) is 6.92 Å². The number of nitrogens with one attached hydrogen (secondary N) is 1. The van der Waals surface area contributed by atoms with Gasteiger partial charge in [-0.05, 0) is 19.1 Å². The Labute approximate surface area is 161 Å². The Morgan fingerprint density at radius 1 is 1.19 bits per heavy atom. The summed E-state index contributed by atoms with van der Waals surface area (Å²) in [4.78, 5) is 24.1. The lowest BCUT2D eigenvalue weighted by atomic mass is 10.3. The molecule has 0 saturated carbocycles. The van der Waals surface area contributed by atoms with Crippen LogP contribution >= 0.6 is 23.2 Å². The van der Waals surface area contributed by atoms with Crippen LogP contribution in [0.4, 0.5) is 22.1 Å². The minimum Gasteiger partial charge on any atom is -0.450 e. The van der Waals surface area contributed by atoms with Crippen LogP contribution in [0.1, 0.15) is 6.92 Å². The number of halogens is 2. The highest BCUT2D eigenvalue weighted by atomic mass is 35.5. The Bertz CT molecular complexity index is 761. The molecule has 7 nitrogen and oxygen atoms in total. The lowest BCUT2D eigenvalue weighted by molar-refractivity contribution is 0.105. The first-order valence-corrected chi connectivity index (χ1v) is 9.04. The molecule has 0 spiro atoms. The van der Waals surface area contributed by atoms with Crippen molar-refractivity contribution < 1.29 is 9.53 Å². The molecule has 1 aliphatic heterocycles. The number of carbonyl (C=O) groups is 1. The number of benzene rings is 1. The predicted molar refractivity (Wildman–Crippen MR) is 103 cm³/mol. The number of hydrogen-bond donors (Lipinski definition) is 1. The Hall–Kier alpha value is -2.25. The van der Waals surface area contributed by atoms with Crippen LogP contribution in [0, 0.1) is 0 Å². The van der Waals surface area contributed by atoms with Crippen LogP contribution in [-0.2, 0) is 4.74 Å². The van der Waals surface area contributed by atoms with Crippen molar-refractivity contribution in [1.82, 2.24) is 14.9 Å². The molecule has 1 aliphatic rings. The van der Waals surface area contributed by atoms with Crippen LogP contribution in [0.3, 0.4) is 0 Å². The second-order valence-electron chi connectivity index (χ2n) is 5.66. The summed E-state index contributed by atoms with van der Waals surface area (Å²) in [6.45, 7) is 4.69. The minimum atomic E-state index is -0.273.